The van der Waals surface area contributed by atoms with E-state index >= 15 is 0 Å². The van der Waals surface area contributed by atoms with Crippen LogP contribution in [0.4, 0.5) is 14.5 Å². The Labute approximate surface area is 120 Å². The lowest BCUT2D eigenvalue weighted by Crippen LogP contribution is -2.39. The number of carbonyl (C=O) groups excluding carboxylic acids is 2. The molecular weight excluding hydrogens is 284 g/mol. The largest absolute Gasteiger partial charge is 0.351 e. The zero-order valence-electron chi connectivity index (χ0n) is 11.7. The van der Waals surface area contributed by atoms with E-state index in [0.717, 1.165) is 11.0 Å². The van der Waals surface area contributed by atoms with Crippen LogP contribution in [0.25, 0.3) is 0 Å². The number of fused-ring (bicyclic) bond motifs is 1. The van der Waals surface area contributed by atoms with E-state index in [-0.39, 0.29) is 12.2 Å². The molecule has 5 nitrogen and oxygen atoms in total. The molecule has 1 amide bonds. The Morgan fingerprint density at radius 1 is 1.14 bits per heavy atom. The van der Waals surface area contributed by atoms with Crippen molar-refractivity contribution in [2.45, 2.75) is 20.1 Å². The first-order valence-corrected chi connectivity index (χ1v) is 6.58. The molecule has 7 heteroatoms. The van der Waals surface area contributed by atoms with Gasteiger partial charge in [0.25, 0.3) is 11.7 Å². The van der Waals surface area contributed by atoms with Gasteiger partial charge in [-0.1, -0.05) is 0 Å². The van der Waals surface area contributed by atoms with Gasteiger partial charge >= 0.3 is 0 Å². The van der Waals surface area contributed by atoms with Crippen molar-refractivity contribution in [3.63, 3.8) is 0 Å². The summed E-state index contributed by atoms with van der Waals surface area (Å²) in [6.07, 6.45) is -0.769. The number of benzene rings is 1. The van der Waals surface area contributed by atoms with Gasteiger partial charge < -0.3 is 9.47 Å². The van der Waals surface area contributed by atoms with E-state index in [1.165, 1.54) is 0 Å². The van der Waals surface area contributed by atoms with Crippen LogP contribution in [-0.2, 0) is 14.3 Å². The van der Waals surface area contributed by atoms with Crippen molar-refractivity contribution in [3.05, 3.63) is 29.3 Å². The van der Waals surface area contributed by atoms with E-state index in [9.17, 15) is 18.4 Å². The SMILES string of the molecule is CCOC(CN1C(=O)C(=O)c2c(F)cc(F)cc21)OCC. The number of rotatable bonds is 6. The first kappa shape index (κ1) is 15.5. The zero-order chi connectivity index (χ0) is 15.6. The fourth-order valence-electron chi connectivity index (χ4n) is 2.19. The predicted molar refractivity (Wildman–Crippen MR) is 70.1 cm³/mol. The highest BCUT2D eigenvalue weighted by molar-refractivity contribution is 6.52. The molecule has 21 heavy (non-hydrogen) atoms. The molecule has 0 aliphatic carbocycles. The van der Waals surface area contributed by atoms with Crippen LogP contribution in [0.2, 0.25) is 0 Å². The van der Waals surface area contributed by atoms with E-state index in [1.807, 2.05) is 0 Å². The third-order valence-corrected chi connectivity index (χ3v) is 3.03. The topological polar surface area (TPSA) is 55.8 Å². The van der Waals surface area contributed by atoms with Gasteiger partial charge in [0.05, 0.1) is 17.8 Å². The van der Waals surface area contributed by atoms with Gasteiger partial charge in [0, 0.05) is 19.3 Å². The molecule has 0 atom stereocenters. The van der Waals surface area contributed by atoms with E-state index in [4.69, 9.17) is 9.47 Å². The molecule has 1 aromatic rings. The van der Waals surface area contributed by atoms with Crippen LogP contribution in [0.5, 0.6) is 0 Å². The Kier molecular flexibility index (Phi) is 4.64. The highest BCUT2D eigenvalue weighted by Crippen LogP contribution is 2.32. The number of anilines is 1. The Morgan fingerprint density at radius 3 is 2.33 bits per heavy atom. The van der Waals surface area contributed by atoms with Gasteiger partial charge in [-0.15, -0.1) is 0 Å². The summed E-state index contributed by atoms with van der Waals surface area (Å²) in [5, 5.41) is 0. The molecule has 0 fully saturated rings. The van der Waals surface area contributed by atoms with Crippen molar-refractivity contribution in [1.82, 2.24) is 0 Å². The molecule has 0 saturated carbocycles. The predicted octanol–water partition coefficient (Wildman–Crippen LogP) is 1.89. The highest BCUT2D eigenvalue weighted by Gasteiger charge is 2.40. The van der Waals surface area contributed by atoms with Crippen molar-refractivity contribution in [1.29, 1.82) is 0 Å². The lowest BCUT2D eigenvalue weighted by Gasteiger charge is -2.23. The van der Waals surface area contributed by atoms with Crippen LogP contribution in [0.15, 0.2) is 12.1 Å². The number of Topliss-reactive ketones (excluding diaryl/α,β-unsaturated/α-hetero) is 1. The molecule has 0 saturated heterocycles. The first-order valence-electron chi connectivity index (χ1n) is 6.58. The highest BCUT2D eigenvalue weighted by atomic mass is 19.1. The maximum absolute atomic E-state index is 13.7. The Morgan fingerprint density at radius 2 is 1.76 bits per heavy atom. The monoisotopic (exact) mass is 299 g/mol. The van der Waals surface area contributed by atoms with Crippen LogP contribution in [-0.4, -0.2) is 37.7 Å². The maximum Gasteiger partial charge on any atom is 0.299 e. The second-order valence-corrected chi connectivity index (χ2v) is 4.37. The number of amides is 1. The van der Waals surface area contributed by atoms with E-state index in [1.54, 1.807) is 13.8 Å². The molecule has 0 spiro atoms. The van der Waals surface area contributed by atoms with E-state index in [2.05, 4.69) is 0 Å². The summed E-state index contributed by atoms with van der Waals surface area (Å²) in [5.74, 6) is -3.81. The Balaban J connectivity index is 2.34. The second-order valence-electron chi connectivity index (χ2n) is 4.37. The number of ketones is 1. The second kappa shape index (κ2) is 6.28. The molecular formula is C14H15F2NO4. The molecule has 0 radical (unpaired) electrons. The average Bonchev–Trinajstić information content (AvgIpc) is 2.64. The summed E-state index contributed by atoms with van der Waals surface area (Å²) in [6, 6.07) is 1.53. The van der Waals surface area contributed by atoms with Crippen molar-refractivity contribution < 1.29 is 27.8 Å². The van der Waals surface area contributed by atoms with Crippen LogP contribution < -0.4 is 4.90 Å². The van der Waals surface area contributed by atoms with Gasteiger partial charge in [0.1, 0.15) is 11.6 Å². The molecule has 1 aliphatic heterocycles. The Bertz CT molecular complexity index is 570. The minimum atomic E-state index is -1.05. The zero-order valence-corrected chi connectivity index (χ0v) is 11.7. The van der Waals surface area contributed by atoms with Gasteiger partial charge in [-0.2, -0.15) is 0 Å². The van der Waals surface area contributed by atoms with Gasteiger partial charge in [-0.25, -0.2) is 8.78 Å². The summed E-state index contributed by atoms with van der Waals surface area (Å²) >= 11 is 0. The van der Waals surface area contributed by atoms with E-state index < -0.39 is 35.2 Å². The molecule has 0 N–H and O–H groups in total. The van der Waals surface area contributed by atoms with Gasteiger partial charge in [-0.3, -0.25) is 14.5 Å². The quantitative estimate of drug-likeness (QED) is 0.594. The van der Waals surface area contributed by atoms with Crippen LogP contribution in [0.3, 0.4) is 0 Å². The number of halogens is 2. The summed E-state index contributed by atoms with van der Waals surface area (Å²) < 4.78 is 37.6. The van der Waals surface area contributed by atoms with E-state index in [0.29, 0.717) is 19.3 Å². The third kappa shape index (κ3) is 2.93. The molecule has 1 aliphatic rings. The standard InChI is InChI=1S/C14H15F2NO4/c1-3-20-11(21-4-2)7-17-10-6-8(15)5-9(16)12(10)13(18)14(17)19/h5-6,11H,3-4,7H2,1-2H3. The van der Waals surface area contributed by atoms with Crippen molar-refractivity contribution >= 4 is 17.4 Å². The molecule has 114 valence electrons. The minimum absolute atomic E-state index is 0.0908. The van der Waals surface area contributed by atoms with Crippen LogP contribution in [0, 0.1) is 11.6 Å². The number of carbonyl (C=O) groups is 2. The Hall–Kier alpha value is -1.86. The van der Waals surface area contributed by atoms with Gasteiger partial charge in [-0.05, 0) is 19.9 Å². The molecule has 0 aromatic heterocycles. The maximum atomic E-state index is 13.7. The number of ether oxygens (including phenoxy) is 2. The first-order chi connectivity index (χ1) is 9.99. The van der Waals surface area contributed by atoms with Gasteiger partial charge in [0.2, 0.25) is 0 Å². The lowest BCUT2D eigenvalue weighted by atomic mass is 10.1. The smallest absolute Gasteiger partial charge is 0.299 e. The molecule has 1 aromatic carbocycles. The fourth-order valence-corrected chi connectivity index (χ4v) is 2.19. The van der Waals surface area contributed by atoms with Gasteiger partial charge in [0.15, 0.2) is 6.29 Å². The van der Waals surface area contributed by atoms with Crippen LogP contribution >= 0.6 is 0 Å². The van der Waals surface area contributed by atoms with Crippen LogP contribution in [0.1, 0.15) is 24.2 Å². The molecule has 2 rings (SSSR count). The normalized spacial score (nSPS) is 14.2. The van der Waals surface area contributed by atoms with Crippen molar-refractivity contribution in [2.24, 2.45) is 0 Å². The number of hydrogen-bond acceptors (Lipinski definition) is 4. The lowest BCUT2D eigenvalue weighted by molar-refractivity contribution is -0.134. The summed E-state index contributed by atoms with van der Waals surface area (Å²) in [7, 11) is 0. The number of nitrogens with zero attached hydrogens (tertiary/aromatic N) is 1. The minimum Gasteiger partial charge on any atom is -0.351 e. The molecule has 1 heterocycles. The van der Waals surface area contributed by atoms with Crippen molar-refractivity contribution in [2.75, 3.05) is 24.7 Å². The molecule has 0 unspecified atom stereocenters. The molecule has 0 bridgehead atoms. The van der Waals surface area contributed by atoms with Crippen molar-refractivity contribution in [3.8, 4) is 0 Å². The number of hydrogen-bond donors (Lipinski definition) is 0. The summed E-state index contributed by atoms with van der Waals surface area (Å²) in [4.78, 5) is 24.7. The summed E-state index contributed by atoms with van der Waals surface area (Å²) in [6.45, 7) is 4.06. The summed E-state index contributed by atoms with van der Waals surface area (Å²) in [5.41, 5.74) is -0.500. The average molecular weight is 299 g/mol. The fraction of sp³-hybridized carbons (Fsp3) is 0.429. The third-order valence-electron chi connectivity index (χ3n) is 3.03.